The van der Waals surface area contributed by atoms with Crippen LogP contribution < -0.4 is 5.32 Å². The highest BCUT2D eigenvalue weighted by atomic mass is 16.5. The summed E-state index contributed by atoms with van der Waals surface area (Å²) in [5.41, 5.74) is 0.272. The summed E-state index contributed by atoms with van der Waals surface area (Å²) in [4.78, 5) is 2.32. The standard InChI is InChI=1S/C21H38N2O2/c1-17(2)18(19-8-7-12-24-19)9-11-22-15-21(16-23(5)6)10-13-25-20(3,4)14-21/h7-8,12,17-18,22H,9-11,13-16H2,1-6H3/t18-,21-/m0/s1. The van der Waals surface area contributed by atoms with Crippen LogP contribution in [0, 0.1) is 11.3 Å². The molecule has 4 nitrogen and oxygen atoms in total. The maximum absolute atomic E-state index is 5.97. The number of ether oxygens (including phenoxy) is 1. The number of nitrogens with zero attached hydrogens (tertiary/aromatic N) is 1. The van der Waals surface area contributed by atoms with Crippen molar-refractivity contribution in [3.63, 3.8) is 0 Å². The molecule has 1 aliphatic rings. The van der Waals surface area contributed by atoms with Gasteiger partial charge in [-0.2, -0.15) is 0 Å². The minimum Gasteiger partial charge on any atom is -0.469 e. The Labute approximate surface area is 154 Å². The Bertz CT molecular complexity index is 496. The molecule has 1 N–H and O–H groups in total. The molecule has 1 aliphatic heterocycles. The first-order valence-electron chi connectivity index (χ1n) is 9.76. The van der Waals surface area contributed by atoms with Crippen molar-refractivity contribution in [3.05, 3.63) is 24.2 Å². The first kappa shape index (κ1) is 20.5. The fourth-order valence-corrected chi connectivity index (χ4v) is 4.52. The van der Waals surface area contributed by atoms with Gasteiger partial charge >= 0.3 is 0 Å². The van der Waals surface area contributed by atoms with E-state index in [-0.39, 0.29) is 5.60 Å². The minimum absolute atomic E-state index is 0.0232. The molecule has 1 fully saturated rings. The molecule has 144 valence electrons. The fourth-order valence-electron chi connectivity index (χ4n) is 4.52. The monoisotopic (exact) mass is 350 g/mol. The van der Waals surface area contributed by atoms with Gasteiger partial charge in [-0.25, -0.2) is 0 Å². The van der Waals surface area contributed by atoms with Gasteiger partial charge in [0.1, 0.15) is 5.76 Å². The predicted molar refractivity (Wildman–Crippen MR) is 104 cm³/mol. The van der Waals surface area contributed by atoms with Gasteiger partial charge in [0.25, 0.3) is 0 Å². The Morgan fingerprint density at radius 3 is 2.60 bits per heavy atom. The van der Waals surface area contributed by atoms with Crippen LogP contribution in [-0.2, 0) is 4.74 Å². The van der Waals surface area contributed by atoms with Crippen molar-refractivity contribution in [3.8, 4) is 0 Å². The molecule has 2 heterocycles. The van der Waals surface area contributed by atoms with Crippen LogP contribution in [-0.4, -0.2) is 50.8 Å². The number of nitrogens with one attached hydrogen (secondary N) is 1. The van der Waals surface area contributed by atoms with Crippen LogP contribution in [0.1, 0.15) is 58.6 Å². The highest BCUT2D eigenvalue weighted by Crippen LogP contribution is 2.39. The normalized spacial score (nSPS) is 24.8. The third kappa shape index (κ3) is 6.12. The zero-order valence-corrected chi connectivity index (χ0v) is 17.1. The highest BCUT2D eigenvalue weighted by Gasteiger charge is 2.40. The molecule has 0 radical (unpaired) electrons. The lowest BCUT2D eigenvalue weighted by Crippen LogP contribution is -2.51. The molecule has 4 heteroatoms. The average molecular weight is 351 g/mol. The lowest BCUT2D eigenvalue weighted by molar-refractivity contribution is -0.109. The van der Waals surface area contributed by atoms with Crippen molar-refractivity contribution in [2.75, 3.05) is 40.3 Å². The fraction of sp³-hybridized carbons (Fsp3) is 0.810. The van der Waals surface area contributed by atoms with E-state index in [9.17, 15) is 0 Å². The zero-order chi connectivity index (χ0) is 18.5. The Hall–Kier alpha value is -0.840. The van der Waals surface area contributed by atoms with Crippen LogP contribution in [0.25, 0.3) is 0 Å². The molecule has 0 aliphatic carbocycles. The largest absolute Gasteiger partial charge is 0.469 e. The molecule has 2 rings (SSSR count). The van der Waals surface area contributed by atoms with E-state index in [4.69, 9.17) is 9.15 Å². The summed E-state index contributed by atoms with van der Waals surface area (Å²) >= 11 is 0. The second-order valence-electron chi connectivity index (χ2n) is 9.10. The Morgan fingerprint density at radius 1 is 1.28 bits per heavy atom. The predicted octanol–water partition coefficient (Wildman–Crippen LogP) is 4.14. The maximum Gasteiger partial charge on any atom is 0.107 e. The number of hydrogen-bond donors (Lipinski definition) is 1. The first-order valence-corrected chi connectivity index (χ1v) is 9.76. The van der Waals surface area contributed by atoms with Gasteiger partial charge < -0.3 is 19.4 Å². The van der Waals surface area contributed by atoms with Crippen molar-refractivity contribution >= 4 is 0 Å². The van der Waals surface area contributed by atoms with Crippen LogP contribution >= 0.6 is 0 Å². The summed E-state index contributed by atoms with van der Waals surface area (Å²) < 4.78 is 11.6. The summed E-state index contributed by atoms with van der Waals surface area (Å²) in [6.07, 6.45) is 5.14. The van der Waals surface area contributed by atoms with Crippen LogP contribution in [0.15, 0.2) is 22.8 Å². The van der Waals surface area contributed by atoms with E-state index < -0.39 is 0 Å². The van der Waals surface area contributed by atoms with Crippen LogP contribution in [0.2, 0.25) is 0 Å². The summed E-state index contributed by atoms with van der Waals surface area (Å²) in [6.45, 7) is 13.1. The van der Waals surface area contributed by atoms with E-state index in [1.807, 2.05) is 6.07 Å². The van der Waals surface area contributed by atoms with E-state index in [0.717, 1.165) is 51.3 Å². The van der Waals surface area contributed by atoms with E-state index in [0.29, 0.717) is 17.3 Å². The topological polar surface area (TPSA) is 37.6 Å². The van der Waals surface area contributed by atoms with Gasteiger partial charge in [-0.3, -0.25) is 0 Å². The molecule has 1 aromatic heterocycles. The Morgan fingerprint density at radius 2 is 2.04 bits per heavy atom. The number of rotatable bonds is 9. The van der Waals surface area contributed by atoms with Gasteiger partial charge in [-0.15, -0.1) is 0 Å². The molecule has 1 aromatic rings. The minimum atomic E-state index is -0.0232. The molecular formula is C21H38N2O2. The molecule has 0 unspecified atom stereocenters. The molecule has 2 atom stereocenters. The van der Waals surface area contributed by atoms with Gasteiger partial charge in [0.2, 0.25) is 0 Å². The first-order chi connectivity index (χ1) is 11.7. The molecule has 0 bridgehead atoms. The van der Waals surface area contributed by atoms with Crippen molar-refractivity contribution in [2.24, 2.45) is 11.3 Å². The quantitative estimate of drug-likeness (QED) is 0.679. The Kier molecular flexibility index (Phi) is 7.12. The van der Waals surface area contributed by atoms with Gasteiger partial charge in [-0.05, 0) is 71.8 Å². The van der Waals surface area contributed by atoms with Crippen molar-refractivity contribution in [2.45, 2.75) is 58.5 Å². The lowest BCUT2D eigenvalue weighted by Gasteiger charge is -2.46. The number of hydrogen-bond acceptors (Lipinski definition) is 4. The number of furan rings is 1. The SMILES string of the molecule is CC(C)[C@H](CCNC[C@]1(CN(C)C)CCOC(C)(C)C1)c1ccco1. The van der Waals surface area contributed by atoms with Gasteiger partial charge in [0.15, 0.2) is 0 Å². The summed E-state index contributed by atoms with van der Waals surface area (Å²) in [7, 11) is 4.35. The third-order valence-corrected chi connectivity index (χ3v) is 5.42. The molecule has 0 aromatic carbocycles. The zero-order valence-electron chi connectivity index (χ0n) is 17.1. The molecule has 0 amide bonds. The molecule has 0 saturated carbocycles. The maximum atomic E-state index is 5.97. The summed E-state index contributed by atoms with van der Waals surface area (Å²) in [6, 6.07) is 4.10. The highest BCUT2D eigenvalue weighted by molar-refractivity contribution is 5.06. The smallest absolute Gasteiger partial charge is 0.107 e. The second kappa shape index (κ2) is 8.70. The van der Waals surface area contributed by atoms with Crippen molar-refractivity contribution in [1.82, 2.24) is 10.2 Å². The van der Waals surface area contributed by atoms with Crippen molar-refractivity contribution in [1.29, 1.82) is 0 Å². The molecule has 0 spiro atoms. The van der Waals surface area contributed by atoms with Crippen LogP contribution in [0.5, 0.6) is 0 Å². The molecular weight excluding hydrogens is 312 g/mol. The van der Waals surface area contributed by atoms with Gasteiger partial charge in [0, 0.05) is 31.0 Å². The van der Waals surface area contributed by atoms with Crippen LogP contribution in [0.4, 0.5) is 0 Å². The molecule has 1 saturated heterocycles. The van der Waals surface area contributed by atoms with Gasteiger partial charge in [-0.1, -0.05) is 13.8 Å². The lowest BCUT2D eigenvalue weighted by atomic mass is 9.73. The second-order valence-corrected chi connectivity index (χ2v) is 9.10. The van der Waals surface area contributed by atoms with Gasteiger partial charge in [0.05, 0.1) is 11.9 Å². The van der Waals surface area contributed by atoms with Crippen LogP contribution in [0.3, 0.4) is 0 Å². The van der Waals surface area contributed by atoms with Crippen molar-refractivity contribution < 1.29 is 9.15 Å². The van der Waals surface area contributed by atoms with E-state index in [2.05, 4.69) is 58.1 Å². The average Bonchev–Trinajstić information content (AvgIpc) is 2.98. The molecule has 25 heavy (non-hydrogen) atoms. The third-order valence-electron chi connectivity index (χ3n) is 5.42. The van der Waals surface area contributed by atoms with E-state index in [1.54, 1.807) is 6.26 Å². The summed E-state index contributed by atoms with van der Waals surface area (Å²) in [5.74, 6) is 2.19. The van der Waals surface area contributed by atoms with E-state index in [1.165, 1.54) is 0 Å². The Balaban J connectivity index is 1.90. The summed E-state index contributed by atoms with van der Waals surface area (Å²) in [5, 5.41) is 3.76. The van der Waals surface area contributed by atoms with E-state index >= 15 is 0 Å².